The molecule has 2 rings (SSSR count). The van der Waals surface area contributed by atoms with Crippen molar-refractivity contribution < 1.29 is 0 Å². The summed E-state index contributed by atoms with van der Waals surface area (Å²) < 4.78 is 0. The fraction of sp³-hybridized carbons (Fsp3) is 0.533. The lowest BCUT2D eigenvalue weighted by molar-refractivity contribution is 0.395. The molecule has 0 radical (unpaired) electrons. The van der Waals surface area contributed by atoms with E-state index in [0.717, 1.165) is 13.1 Å². The van der Waals surface area contributed by atoms with E-state index in [1.54, 1.807) is 0 Å². The third-order valence-corrected chi connectivity index (χ3v) is 3.36. The van der Waals surface area contributed by atoms with Crippen molar-refractivity contribution in [3.05, 3.63) is 35.4 Å². The van der Waals surface area contributed by atoms with Crippen molar-refractivity contribution in [2.75, 3.05) is 27.2 Å². The molecule has 3 heteroatoms. The summed E-state index contributed by atoms with van der Waals surface area (Å²) in [6, 6.07) is 10.6. The molecule has 0 bridgehead atoms. The molecule has 1 unspecified atom stereocenters. The molecular formula is C15H21N3. The molecular weight excluding hydrogens is 222 g/mol. The second kappa shape index (κ2) is 5.99. The van der Waals surface area contributed by atoms with E-state index in [0.29, 0.717) is 5.92 Å². The van der Waals surface area contributed by atoms with Crippen LogP contribution in [-0.4, -0.2) is 32.1 Å². The molecule has 96 valence electrons. The van der Waals surface area contributed by atoms with Gasteiger partial charge in [-0.3, -0.25) is 5.32 Å². The van der Waals surface area contributed by atoms with Gasteiger partial charge in [-0.05, 0) is 44.0 Å². The largest absolute Gasteiger partial charge is 0.308 e. The summed E-state index contributed by atoms with van der Waals surface area (Å²) >= 11 is 0. The molecule has 1 aromatic rings. The number of nitrogens with zero attached hydrogens (tertiary/aromatic N) is 2. The first kappa shape index (κ1) is 13.1. The highest BCUT2D eigenvalue weighted by Crippen LogP contribution is 2.42. The van der Waals surface area contributed by atoms with E-state index in [-0.39, 0.29) is 6.04 Å². The lowest BCUT2D eigenvalue weighted by Gasteiger charge is -2.17. The van der Waals surface area contributed by atoms with E-state index < -0.39 is 0 Å². The Balaban J connectivity index is 2.05. The van der Waals surface area contributed by atoms with Crippen molar-refractivity contribution in [1.82, 2.24) is 10.2 Å². The zero-order chi connectivity index (χ0) is 13.0. The van der Waals surface area contributed by atoms with Gasteiger partial charge in [-0.1, -0.05) is 24.3 Å². The SMILES string of the molecule is CN(C)CCNC(C#N)c1ccccc1C1CC1. The fourth-order valence-electron chi connectivity index (χ4n) is 2.20. The van der Waals surface area contributed by atoms with Crippen molar-refractivity contribution in [2.45, 2.75) is 24.8 Å². The van der Waals surface area contributed by atoms with E-state index in [1.807, 2.05) is 20.2 Å². The van der Waals surface area contributed by atoms with Crippen LogP contribution >= 0.6 is 0 Å². The normalized spacial score (nSPS) is 16.6. The molecule has 0 spiro atoms. The van der Waals surface area contributed by atoms with E-state index >= 15 is 0 Å². The number of hydrogen-bond acceptors (Lipinski definition) is 3. The van der Waals surface area contributed by atoms with E-state index in [9.17, 15) is 5.26 Å². The molecule has 1 aliphatic carbocycles. The van der Waals surface area contributed by atoms with Gasteiger partial charge < -0.3 is 4.90 Å². The van der Waals surface area contributed by atoms with Crippen LogP contribution in [0.3, 0.4) is 0 Å². The van der Waals surface area contributed by atoms with Crippen molar-refractivity contribution in [2.24, 2.45) is 0 Å². The molecule has 1 saturated carbocycles. The van der Waals surface area contributed by atoms with E-state index in [2.05, 4.69) is 34.5 Å². The van der Waals surface area contributed by atoms with Crippen LogP contribution in [0.5, 0.6) is 0 Å². The third kappa shape index (κ3) is 3.32. The fourth-order valence-corrected chi connectivity index (χ4v) is 2.20. The molecule has 0 amide bonds. The predicted molar refractivity (Wildman–Crippen MR) is 73.3 cm³/mol. The quantitative estimate of drug-likeness (QED) is 0.833. The number of benzene rings is 1. The third-order valence-electron chi connectivity index (χ3n) is 3.36. The molecule has 3 nitrogen and oxygen atoms in total. The Hall–Kier alpha value is -1.37. The average molecular weight is 243 g/mol. The summed E-state index contributed by atoms with van der Waals surface area (Å²) in [5.74, 6) is 0.688. The minimum Gasteiger partial charge on any atom is -0.308 e. The Morgan fingerprint density at radius 1 is 1.39 bits per heavy atom. The van der Waals surface area contributed by atoms with Gasteiger partial charge in [-0.25, -0.2) is 0 Å². The highest BCUT2D eigenvalue weighted by atomic mass is 15.1. The maximum Gasteiger partial charge on any atom is 0.121 e. The summed E-state index contributed by atoms with van der Waals surface area (Å²) in [6.45, 7) is 1.79. The smallest absolute Gasteiger partial charge is 0.121 e. The van der Waals surface area contributed by atoms with Gasteiger partial charge >= 0.3 is 0 Å². The first-order chi connectivity index (χ1) is 8.72. The molecule has 0 saturated heterocycles. The first-order valence-corrected chi connectivity index (χ1v) is 6.59. The average Bonchev–Trinajstić information content (AvgIpc) is 3.19. The molecule has 1 fully saturated rings. The monoisotopic (exact) mass is 243 g/mol. The number of nitriles is 1. The van der Waals surface area contributed by atoms with Crippen LogP contribution in [0, 0.1) is 11.3 Å². The van der Waals surface area contributed by atoms with Crippen LogP contribution in [0.15, 0.2) is 24.3 Å². The van der Waals surface area contributed by atoms with Crippen LogP contribution in [0.1, 0.15) is 35.9 Å². The van der Waals surface area contributed by atoms with Crippen LogP contribution in [0.25, 0.3) is 0 Å². The number of likely N-dealkylation sites (N-methyl/N-ethyl adjacent to an activating group) is 1. The summed E-state index contributed by atoms with van der Waals surface area (Å²) in [4.78, 5) is 2.12. The zero-order valence-electron chi connectivity index (χ0n) is 11.2. The van der Waals surface area contributed by atoms with Crippen molar-refractivity contribution >= 4 is 0 Å². The minimum absolute atomic E-state index is 0.179. The van der Waals surface area contributed by atoms with Gasteiger partial charge in [0.2, 0.25) is 0 Å². The molecule has 0 aromatic heterocycles. The summed E-state index contributed by atoms with van der Waals surface area (Å²) in [5.41, 5.74) is 2.53. The van der Waals surface area contributed by atoms with Gasteiger partial charge in [0.1, 0.15) is 6.04 Å². The second-order valence-electron chi connectivity index (χ2n) is 5.22. The van der Waals surface area contributed by atoms with Gasteiger partial charge in [-0.2, -0.15) is 5.26 Å². The molecule has 1 aliphatic rings. The van der Waals surface area contributed by atoms with Crippen LogP contribution in [-0.2, 0) is 0 Å². The Morgan fingerprint density at radius 2 is 2.11 bits per heavy atom. The summed E-state index contributed by atoms with van der Waals surface area (Å²) in [7, 11) is 4.09. The Kier molecular flexibility index (Phi) is 4.35. The molecule has 1 N–H and O–H groups in total. The molecule has 0 aliphatic heterocycles. The standard InChI is InChI=1S/C15H21N3/c1-18(2)10-9-17-15(11-16)14-6-4-3-5-13(14)12-7-8-12/h3-6,12,15,17H,7-10H2,1-2H3. The lowest BCUT2D eigenvalue weighted by Crippen LogP contribution is -2.29. The number of nitrogens with one attached hydrogen (secondary N) is 1. The van der Waals surface area contributed by atoms with Gasteiger partial charge in [0.25, 0.3) is 0 Å². The first-order valence-electron chi connectivity index (χ1n) is 6.59. The van der Waals surface area contributed by atoms with Crippen LogP contribution in [0.2, 0.25) is 0 Å². The van der Waals surface area contributed by atoms with Gasteiger partial charge in [0.05, 0.1) is 6.07 Å². The minimum atomic E-state index is -0.179. The highest BCUT2D eigenvalue weighted by molar-refractivity contribution is 5.37. The van der Waals surface area contributed by atoms with Gasteiger partial charge in [-0.15, -0.1) is 0 Å². The molecule has 0 heterocycles. The van der Waals surface area contributed by atoms with E-state index in [4.69, 9.17) is 0 Å². The van der Waals surface area contributed by atoms with Gasteiger partial charge in [0, 0.05) is 13.1 Å². The Morgan fingerprint density at radius 3 is 2.72 bits per heavy atom. The molecule has 18 heavy (non-hydrogen) atoms. The number of hydrogen-bond donors (Lipinski definition) is 1. The van der Waals surface area contributed by atoms with Crippen LogP contribution < -0.4 is 5.32 Å². The topological polar surface area (TPSA) is 39.1 Å². The zero-order valence-corrected chi connectivity index (χ0v) is 11.2. The van der Waals surface area contributed by atoms with Crippen molar-refractivity contribution in [1.29, 1.82) is 5.26 Å². The Bertz CT molecular complexity index is 430. The lowest BCUT2D eigenvalue weighted by atomic mass is 9.98. The maximum absolute atomic E-state index is 9.35. The molecule has 1 aromatic carbocycles. The second-order valence-corrected chi connectivity index (χ2v) is 5.22. The molecule has 1 atom stereocenters. The van der Waals surface area contributed by atoms with Crippen molar-refractivity contribution in [3.8, 4) is 6.07 Å². The van der Waals surface area contributed by atoms with E-state index in [1.165, 1.54) is 24.0 Å². The Labute approximate surface area is 109 Å². The number of rotatable bonds is 6. The maximum atomic E-state index is 9.35. The van der Waals surface area contributed by atoms with Gasteiger partial charge in [0.15, 0.2) is 0 Å². The highest BCUT2D eigenvalue weighted by Gasteiger charge is 2.27. The van der Waals surface area contributed by atoms with Crippen molar-refractivity contribution in [3.63, 3.8) is 0 Å². The summed E-state index contributed by atoms with van der Waals surface area (Å²) in [6.07, 6.45) is 2.54. The predicted octanol–water partition coefficient (Wildman–Crippen LogP) is 2.28. The summed E-state index contributed by atoms with van der Waals surface area (Å²) in [5, 5.41) is 12.7. The van der Waals surface area contributed by atoms with Crippen LogP contribution in [0.4, 0.5) is 0 Å².